The Morgan fingerprint density at radius 3 is 2.39 bits per heavy atom. The quantitative estimate of drug-likeness (QED) is 0.289. The first kappa shape index (κ1) is 25.0. The zero-order chi connectivity index (χ0) is 26.7. The van der Waals surface area contributed by atoms with Crippen LogP contribution in [-0.2, 0) is 13.0 Å². The van der Waals surface area contributed by atoms with Gasteiger partial charge in [-0.15, -0.1) is 0 Å². The third-order valence-corrected chi connectivity index (χ3v) is 8.62. The maximum atomic E-state index is 14.2. The van der Waals surface area contributed by atoms with Gasteiger partial charge in [0.2, 0.25) is 0 Å². The Morgan fingerprint density at radius 1 is 1.03 bits per heavy atom. The Bertz CT molecular complexity index is 1400. The number of alkyl halides is 3. The second kappa shape index (κ2) is 9.19. The molecule has 1 saturated carbocycles. The summed E-state index contributed by atoms with van der Waals surface area (Å²) in [4.78, 5) is 0. The molecule has 0 spiro atoms. The zero-order valence-corrected chi connectivity index (χ0v) is 20.9. The molecule has 4 atom stereocenters. The van der Waals surface area contributed by atoms with Crippen molar-refractivity contribution in [2.75, 3.05) is 0 Å². The molecule has 0 radical (unpaired) electrons. The van der Waals surface area contributed by atoms with Crippen LogP contribution in [0, 0.1) is 28.9 Å². The van der Waals surface area contributed by atoms with Crippen molar-refractivity contribution in [3.05, 3.63) is 100 Å². The molecule has 1 unspecified atom stereocenters. The molecule has 198 valence electrons. The van der Waals surface area contributed by atoms with Gasteiger partial charge < -0.3 is 5.32 Å². The van der Waals surface area contributed by atoms with E-state index in [4.69, 9.17) is 0 Å². The highest BCUT2D eigenvalue weighted by molar-refractivity contribution is 5.63. The first-order valence-electron chi connectivity index (χ1n) is 12.9. The third kappa shape index (κ3) is 4.28. The number of halogens is 5. The van der Waals surface area contributed by atoms with E-state index in [1.165, 1.54) is 29.8 Å². The van der Waals surface area contributed by atoms with Crippen LogP contribution in [0.1, 0.15) is 43.0 Å². The number of aromatic nitrogens is 2. The number of fused-ring (bicyclic) bond motifs is 4. The summed E-state index contributed by atoms with van der Waals surface area (Å²) in [6.07, 6.45) is 3.33. The largest absolute Gasteiger partial charge is 0.393 e. The van der Waals surface area contributed by atoms with Crippen molar-refractivity contribution >= 4 is 6.08 Å². The molecular weight excluding hydrogens is 497 g/mol. The van der Waals surface area contributed by atoms with Crippen molar-refractivity contribution in [3.63, 3.8) is 0 Å². The monoisotopic (exact) mass is 525 g/mol. The molecule has 8 heteroatoms. The Hall–Kier alpha value is -3.26. The molecule has 3 aliphatic rings. The summed E-state index contributed by atoms with van der Waals surface area (Å²) in [5.74, 6) is -2.43. The molecule has 3 aromatic rings. The van der Waals surface area contributed by atoms with E-state index >= 15 is 0 Å². The Balaban J connectivity index is 1.32. The lowest BCUT2D eigenvalue weighted by molar-refractivity contribution is -0.187. The fourth-order valence-electron chi connectivity index (χ4n) is 6.69. The molecule has 38 heavy (non-hydrogen) atoms. The maximum Gasteiger partial charge on any atom is 0.393 e. The van der Waals surface area contributed by atoms with Crippen LogP contribution in [0.4, 0.5) is 22.0 Å². The zero-order valence-electron chi connectivity index (χ0n) is 20.9. The van der Waals surface area contributed by atoms with Gasteiger partial charge in [0, 0.05) is 18.0 Å². The first-order chi connectivity index (χ1) is 18.1. The summed E-state index contributed by atoms with van der Waals surface area (Å²) < 4.78 is 71.1. The average Bonchev–Trinajstić information content (AvgIpc) is 3.28. The van der Waals surface area contributed by atoms with Crippen molar-refractivity contribution in [2.45, 2.75) is 51.4 Å². The van der Waals surface area contributed by atoms with Crippen LogP contribution in [0.5, 0.6) is 0 Å². The Labute approximate surface area is 218 Å². The van der Waals surface area contributed by atoms with Crippen LogP contribution >= 0.6 is 0 Å². The normalized spacial score (nSPS) is 26.6. The van der Waals surface area contributed by atoms with Crippen molar-refractivity contribution in [1.82, 2.24) is 15.1 Å². The predicted molar refractivity (Wildman–Crippen MR) is 135 cm³/mol. The summed E-state index contributed by atoms with van der Waals surface area (Å²) in [5, 5.41) is 7.79. The molecular formula is C30H28F5N3. The Morgan fingerprint density at radius 2 is 1.71 bits per heavy atom. The van der Waals surface area contributed by atoms with Crippen molar-refractivity contribution in [2.24, 2.45) is 17.3 Å². The highest BCUT2D eigenvalue weighted by Crippen LogP contribution is 2.57. The highest BCUT2D eigenvalue weighted by Gasteiger charge is 2.54. The van der Waals surface area contributed by atoms with Gasteiger partial charge in [-0.05, 0) is 85.2 Å². The molecule has 1 fully saturated rings. The molecule has 1 heterocycles. The molecule has 0 amide bonds. The van der Waals surface area contributed by atoms with Gasteiger partial charge in [0.25, 0.3) is 0 Å². The molecule has 1 N–H and O–H groups in total. The number of allylic oxidation sites excluding steroid dienone is 2. The van der Waals surface area contributed by atoms with Crippen molar-refractivity contribution in [1.29, 1.82) is 0 Å². The minimum Gasteiger partial charge on any atom is -0.309 e. The fourth-order valence-corrected chi connectivity index (χ4v) is 6.69. The summed E-state index contributed by atoms with van der Waals surface area (Å²) in [5.41, 5.74) is 5.34. The highest BCUT2D eigenvalue weighted by atomic mass is 19.4. The molecule has 0 bridgehead atoms. The number of rotatable bonds is 4. The molecule has 0 aliphatic heterocycles. The van der Waals surface area contributed by atoms with Crippen LogP contribution in [-0.4, -0.2) is 22.0 Å². The predicted octanol–water partition coefficient (Wildman–Crippen LogP) is 7.17. The molecule has 6 rings (SSSR count). The number of hydrogen-bond donors (Lipinski definition) is 1. The van der Waals surface area contributed by atoms with E-state index < -0.39 is 18.1 Å². The second-order valence-corrected chi connectivity index (χ2v) is 10.8. The first-order valence-corrected chi connectivity index (χ1v) is 12.9. The van der Waals surface area contributed by atoms with E-state index in [2.05, 4.69) is 23.4 Å². The fraction of sp³-hybridized carbons (Fsp3) is 0.367. The molecule has 3 aliphatic carbocycles. The number of nitrogens with one attached hydrogen (secondary N) is 1. The second-order valence-electron chi connectivity index (χ2n) is 10.8. The van der Waals surface area contributed by atoms with E-state index in [1.807, 2.05) is 12.3 Å². The van der Waals surface area contributed by atoms with E-state index in [9.17, 15) is 22.0 Å². The smallest absolute Gasteiger partial charge is 0.309 e. The molecule has 2 aromatic carbocycles. The summed E-state index contributed by atoms with van der Waals surface area (Å²) >= 11 is 0. The molecule has 1 aromatic heterocycles. The number of benzene rings is 2. The van der Waals surface area contributed by atoms with Gasteiger partial charge in [-0.2, -0.15) is 18.3 Å². The van der Waals surface area contributed by atoms with E-state index in [1.54, 1.807) is 28.9 Å². The SMILES string of the molecule is C[C@]12Cc3cnn(-c4ccc(F)cc4)c3C=C1CCC1C2=CC[C@@H](C(F)(F)F)[C@@H]1NCc1ccc(F)cc1. The van der Waals surface area contributed by atoms with Crippen molar-refractivity contribution in [3.8, 4) is 5.69 Å². The van der Waals surface area contributed by atoms with Gasteiger partial charge in [-0.1, -0.05) is 36.3 Å². The van der Waals surface area contributed by atoms with Crippen LogP contribution in [0.25, 0.3) is 11.8 Å². The minimum absolute atomic E-state index is 0.0685. The molecule has 0 saturated heterocycles. The lowest BCUT2D eigenvalue weighted by atomic mass is 9.55. The lowest BCUT2D eigenvalue weighted by Crippen LogP contribution is -2.53. The van der Waals surface area contributed by atoms with E-state index in [-0.39, 0.29) is 35.9 Å². The Kier molecular flexibility index (Phi) is 6.05. The maximum absolute atomic E-state index is 14.2. The summed E-state index contributed by atoms with van der Waals surface area (Å²) in [6.45, 7) is 2.38. The third-order valence-electron chi connectivity index (χ3n) is 8.62. The lowest BCUT2D eigenvalue weighted by Gasteiger charge is -2.51. The number of hydrogen-bond acceptors (Lipinski definition) is 2. The van der Waals surface area contributed by atoms with E-state index in [0.29, 0.717) is 19.3 Å². The van der Waals surface area contributed by atoms with Gasteiger partial charge >= 0.3 is 6.18 Å². The summed E-state index contributed by atoms with van der Waals surface area (Å²) in [6, 6.07) is 11.3. The van der Waals surface area contributed by atoms with Crippen LogP contribution < -0.4 is 5.32 Å². The minimum atomic E-state index is -4.32. The topological polar surface area (TPSA) is 29.9 Å². The van der Waals surface area contributed by atoms with Gasteiger partial charge in [0.1, 0.15) is 11.6 Å². The van der Waals surface area contributed by atoms with Crippen LogP contribution in [0.15, 0.2) is 72.0 Å². The summed E-state index contributed by atoms with van der Waals surface area (Å²) in [7, 11) is 0. The molecule has 3 nitrogen and oxygen atoms in total. The standard InChI is InChI=1S/C30H28F5N3/c1-29-15-19-17-37-38(23-9-7-22(32)8-10-23)27(19)14-20(29)4-11-24-25(29)12-13-26(30(33,34)35)28(24)36-16-18-2-5-21(31)6-3-18/h2-3,5-10,12,14,17,24,26,28,36H,4,11,13,15-16H2,1H3/t24?,26-,28-,29+/m1/s1. The van der Waals surface area contributed by atoms with Crippen LogP contribution in [0.2, 0.25) is 0 Å². The van der Waals surface area contributed by atoms with Gasteiger partial charge in [0.05, 0.1) is 23.5 Å². The average molecular weight is 526 g/mol. The number of nitrogens with zero attached hydrogens (tertiary/aromatic N) is 2. The van der Waals surface area contributed by atoms with Gasteiger partial charge in [0.15, 0.2) is 0 Å². The van der Waals surface area contributed by atoms with Crippen molar-refractivity contribution < 1.29 is 22.0 Å². The van der Waals surface area contributed by atoms with Gasteiger partial charge in [-0.3, -0.25) is 0 Å². The van der Waals surface area contributed by atoms with Gasteiger partial charge in [-0.25, -0.2) is 13.5 Å². The van der Waals surface area contributed by atoms with Crippen LogP contribution in [0.3, 0.4) is 0 Å². The van der Waals surface area contributed by atoms with E-state index in [0.717, 1.165) is 28.1 Å².